The Bertz CT molecular complexity index is 867. The predicted octanol–water partition coefficient (Wildman–Crippen LogP) is 3.87. The minimum Gasteiger partial charge on any atom is -0.465 e. The molecule has 0 fully saturated rings. The van der Waals surface area contributed by atoms with Crippen molar-refractivity contribution < 1.29 is 17.9 Å². The second-order valence-electron chi connectivity index (χ2n) is 5.23. The molecule has 0 aliphatic heterocycles. The predicted molar refractivity (Wildman–Crippen MR) is 99.2 cm³/mol. The van der Waals surface area contributed by atoms with Gasteiger partial charge in [-0.25, -0.2) is 13.2 Å². The molecule has 0 atom stereocenters. The van der Waals surface area contributed by atoms with Gasteiger partial charge in [-0.1, -0.05) is 29.3 Å². The minimum absolute atomic E-state index is 0.0257. The van der Waals surface area contributed by atoms with Crippen LogP contribution in [0.5, 0.6) is 0 Å². The number of ether oxygens (including phenoxy) is 1. The topological polar surface area (TPSA) is 63.7 Å². The highest BCUT2D eigenvalue weighted by atomic mass is 35.5. The number of esters is 1. The lowest BCUT2D eigenvalue weighted by molar-refractivity contribution is 0.0601. The molecule has 8 heteroatoms. The number of sulfonamides is 1. The summed E-state index contributed by atoms with van der Waals surface area (Å²) in [6.07, 6.45) is 0. The second kappa shape index (κ2) is 8.08. The smallest absolute Gasteiger partial charge is 0.340 e. The van der Waals surface area contributed by atoms with Gasteiger partial charge in [0.25, 0.3) is 10.0 Å². The van der Waals surface area contributed by atoms with Crippen molar-refractivity contribution in [3.8, 4) is 0 Å². The molecule has 0 spiro atoms. The Balaban J connectivity index is 2.64. The van der Waals surface area contributed by atoms with Gasteiger partial charge in [0.05, 0.1) is 23.3 Å². The Kier molecular flexibility index (Phi) is 6.32. The highest BCUT2D eigenvalue weighted by Gasteiger charge is 2.28. The van der Waals surface area contributed by atoms with Crippen LogP contribution < -0.4 is 4.31 Å². The molecule has 0 amide bonds. The molecule has 5 nitrogen and oxygen atoms in total. The molecule has 2 rings (SSSR count). The Labute approximate surface area is 157 Å². The number of carbonyl (C=O) groups excluding carboxylic acids is 1. The van der Waals surface area contributed by atoms with Crippen molar-refractivity contribution in [3.05, 3.63) is 58.6 Å². The summed E-state index contributed by atoms with van der Waals surface area (Å²) in [4.78, 5) is 12.1. The van der Waals surface area contributed by atoms with E-state index in [4.69, 9.17) is 27.9 Å². The summed E-state index contributed by atoms with van der Waals surface area (Å²) in [7, 11) is -2.71. The third kappa shape index (κ3) is 4.26. The highest BCUT2D eigenvalue weighted by molar-refractivity contribution is 7.92. The molecule has 0 saturated heterocycles. The number of anilines is 1. The lowest BCUT2D eigenvalue weighted by atomic mass is 10.2. The van der Waals surface area contributed by atoms with E-state index in [0.717, 1.165) is 9.87 Å². The van der Waals surface area contributed by atoms with Crippen LogP contribution in [-0.4, -0.2) is 33.9 Å². The van der Waals surface area contributed by atoms with Crippen molar-refractivity contribution >= 4 is 44.9 Å². The van der Waals surface area contributed by atoms with Crippen LogP contribution >= 0.6 is 23.2 Å². The van der Waals surface area contributed by atoms with Crippen molar-refractivity contribution in [2.45, 2.75) is 11.8 Å². The molecule has 25 heavy (non-hydrogen) atoms. The van der Waals surface area contributed by atoms with Gasteiger partial charge in [0, 0.05) is 17.4 Å². The molecule has 2 aromatic rings. The number of nitrogens with zero attached hydrogens (tertiary/aromatic N) is 1. The quantitative estimate of drug-likeness (QED) is 0.544. The molecule has 134 valence electrons. The van der Waals surface area contributed by atoms with Crippen LogP contribution in [0.1, 0.15) is 15.9 Å². The minimum atomic E-state index is -3.93. The molecule has 0 unspecified atom stereocenters. The van der Waals surface area contributed by atoms with E-state index in [1.54, 1.807) is 12.1 Å². The lowest BCUT2D eigenvalue weighted by Gasteiger charge is -2.25. The molecule has 0 aliphatic carbocycles. The average Bonchev–Trinajstić information content (AvgIpc) is 2.59. The van der Waals surface area contributed by atoms with E-state index < -0.39 is 16.0 Å². The summed E-state index contributed by atoms with van der Waals surface area (Å²) in [6.45, 7) is 1.83. The number of halogens is 2. The summed E-state index contributed by atoms with van der Waals surface area (Å²) < 4.78 is 32.0. The average molecular weight is 402 g/mol. The molecule has 0 radical (unpaired) electrons. The molecule has 0 heterocycles. The third-order valence-corrected chi connectivity index (χ3v) is 5.76. The van der Waals surface area contributed by atoms with Gasteiger partial charge in [0.15, 0.2) is 0 Å². The Morgan fingerprint density at radius 3 is 2.36 bits per heavy atom. The first kappa shape index (κ1) is 19.6. The lowest BCUT2D eigenvalue weighted by Crippen LogP contribution is -2.34. The maximum atomic E-state index is 13.1. The summed E-state index contributed by atoms with van der Waals surface area (Å²) >= 11 is 11.8. The number of benzene rings is 2. The molecule has 0 aromatic heterocycles. The van der Waals surface area contributed by atoms with E-state index in [-0.39, 0.29) is 28.6 Å². The maximum absolute atomic E-state index is 13.1. The van der Waals surface area contributed by atoms with Crippen molar-refractivity contribution in [2.75, 3.05) is 23.8 Å². The molecule has 0 saturated carbocycles. The number of carbonyl (C=O) groups is 1. The number of hydrogen-bond acceptors (Lipinski definition) is 4. The monoisotopic (exact) mass is 401 g/mol. The van der Waals surface area contributed by atoms with E-state index >= 15 is 0 Å². The molecule has 0 N–H and O–H groups in total. The molecule has 0 aliphatic rings. The normalized spacial score (nSPS) is 11.2. The van der Waals surface area contributed by atoms with Gasteiger partial charge in [-0.05, 0) is 37.3 Å². The summed E-state index contributed by atoms with van der Waals surface area (Å²) in [6, 6.07) is 10.7. The van der Waals surface area contributed by atoms with E-state index in [2.05, 4.69) is 0 Å². The van der Waals surface area contributed by atoms with Crippen molar-refractivity contribution in [1.82, 2.24) is 0 Å². The number of methoxy groups -OCH3 is 1. The summed E-state index contributed by atoms with van der Waals surface area (Å²) in [5, 5.41) is 0.293. The molecule has 2 aromatic carbocycles. The third-order valence-electron chi connectivity index (χ3n) is 3.53. The van der Waals surface area contributed by atoms with E-state index in [9.17, 15) is 13.2 Å². The molecular weight excluding hydrogens is 385 g/mol. The Morgan fingerprint density at radius 1 is 1.16 bits per heavy atom. The first-order valence-electron chi connectivity index (χ1n) is 7.34. The number of rotatable bonds is 6. The fraction of sp³-hybridized carbons (Fsp3) is 0.235. The van der Waals surface area contributed by atoms with Gasteiger partial charge in [-0.2, -0.15) is 0 Å². The fourth-order valence-corrected chi connectivity index (χ4v) is 4.19. The molecular formula is C17H17Cl2NO4S. The zero-order valence-electron chi connectivity index (χ0n) is 13.7. The van der Waals surface area contributed by atoms with Gasteiger partial charge in [-0.15, -0.1) is 11.6 Å². The van der Waals surface area contributed by atoms with Crippen molar-refractivity contribution in [1.29, 1.82) is 0 Å². The van der Waals surface area contributed by atoms with Crippen LogP contribution in [0, 0.1) is 6.92 Å². The first-order valence-corrected chi connectivity index (χ1v) is 9.69. The van der Waals surface area contributed by atoms with Crippen LogP contribution in [0.15, 0.2) is 47.4 Å². The largest absolute Gasteiger partial charge is 0.465 e. The SMILES string of the molecule is COC(=O)c1ccc(Cl)cc1N(CCCl)S(=O)(=O)c1ccc(C)cc1. The van der Waals surface area contributed by atoms with Gasteiger partial charge >= 0.3 is 5.97 Å². The Morgan fingerprint density at radius 2 is 1.80 bits per heavy atom. The molecule has 0 bridgehead atoms. The Hall–Kier alpha value is -1.76. The van der Waals surface area contributed by atoms with Crippen LogP contribution in [0.3, 0.4) is 0 Å². The van der Waals surface area contributed by atoms with Gasteiger partial charge in [0.1, 0.15) is 0 Å². The summed E-state index contributed by atoms with van der Waals surface area (Å²) in [5.74, 6) is -0.622. The maximum Gasteiger partial charge on any atom is 0.340 e. The van der Waals surface area contributed by atoms with E-state index in [1.807, 2.05) is 6.92 Å². The van der Waals surface area contributed by atoms with Gasteiger partial charge < -0.3 is 4.74 Å². The van der Waals surface area contributed by atoms with Crippen molar-refractivity contribution in [2.24, 2.45) is 0 Å². The number of aryl methyl sites for hydroxylation is 1. The van der Waals surface area contributed by atoms with Crippen molar-refractivity contribution in [3.63, 3.8) is 0 Å². The van der Waals surface area contributed by atoms with Crippen LogP contribution in [0.25, 0.3) is 0 Å². The first-order chi connectivity index (χ1) is 11.8. The van der Waals surface area contributed by atoms with E-state index in [1.165, 1.54) is 37.4 Å². The van der Waals surface area contributed by atoms with Crippen LogP contribution in [0.4, 0.5) is 5.69 Å². The van der Waals surface area contributed by atoms with E-state index in [0.29, 0.717) is 5.02 Å². The van der Waals surface area contributed by atoms with Crippen LogP contribution in [-0.2, 0) is 14.8 Å². The van der Waals surface area contributed by atoms with Crippen LogP contribution in [0.2, 0.25) is 5.02 Å². The standard InChI is InChI=1S/C17H17Cl2NO4S/c1-12-3-6-14(7-4-12)25(22,23)20(10-9-18)16-11-13(19)5-8-15(16)17(21)24-2/h3-8,11H,9-10H2,1-2H3. The second-order valence-corrected chi connectivity index (χ2v) is 7.91. The van der Waals surface area contributed by atoms with Gasteiger partial charge in [-0.3, -0.25) is 4.31 Å². The zero-order chi connectivity index (χ0) is 18.6. The fourth-order valence-electron chi connectivity index (χ4n) is 2.28. The summed E-state index contributed by atoms with van der Waals surface area (Å²) in [5.41, 5.74) is 1.15. The zero-order valence-corrected chi connectivity index (χ0v) is 16.0. The highest BCUT2D eigenvalue weighted by Crippen LogP contribution is 2.30. The van der Waals surface area contributed by atoms with Gasteiger partial charge in [0.2, 0.25) is 0 Å². The number of alkyl halides is 1. The number of hydrogen-bond donors (Lipinski definition) is 0.